The van der Waals surface area contributed by atoms with E-state index in [4.69, 9.17) is 9.15 Å². The van der Waals surface area contributed by atoms with E-state index in [1.54, 1.807) is 7.11 Å². The summed E-state index contributed by atoms with van der Waals surface area (Å²) >= 11 is 0. The SMILES string of the molecule is COc1cccc(C2CCCN2C(=O)c2ccc(-c3nnc(-c4ccccc4)o3)cc2)c1. The molecule has 0 saturated carbocycles. The largest absolute Gasteiger partial charge is 0.497 e. The van der Waals surface area contributed by atoms with E-state index in [1.165, 1.54) is 0 Å². The molecule has 2 heterocycles. The van der Waals surface area contributed by atoms with Gasteiger partial charge in [0.05, 0.1) is 13.2 Å². The Balaban J connectivity index is 1.34. The predicted octanol–water partition coefficient (Wildman–Crippen LogP) is 5.39. The van der Waals surface area contributed by atoms with Crippen LogP contribution in [0.4, 0.5) is 0 Å². The lowest BCUT2D eigenvalue weighted by molar-refractivity contribution is 0.0735. The van der Waals surface area contributed by atoms with Gasteiger partial charge in [0.25, 0.3) is 5.91 Å². The summed E-state index contributed by atoms with van der Waals surface area (Å²) in [5.74, 6) is 1.73. The molecule has 5 rings (SSSR count). The minimum atomic E-state index is 0.0253. The number of aromatic nitrogens is 2. The molecule has 1 aliphatic rings. The van der Waals surface area contributed by atoms with Crippen LogP contribution in [-0.2, 0) is 0 Å². The molecule has 0 N–H and O–H groups in total. The Hall–Kier alpha value is -3.93. The molecule has 0 spiro atoms. The molecule has 1 aliphatic heterocycles. The summed E-state index contributed by atoms with van der Waals surface area (Å²) in [4.78, 5) is 15.2. The Bertz CT molecular complexity index is 1220. The first-order chi connectivity index (χ1) is 15.7. The molecule has 1 aromatic heterocycles. The molecular weight excluding hydrogens is 402 g/mol. The van der Waals surface area contributed by atoms with E-state index in [9.17, 15) is 4.79 Å². The number of rotatable bonds is 5. The minimum Gasteiger partial charge on any atom is -0.497 e. The van der Waals surface area contributed by atoms with Crippen molar-refractivity contribution in [1.82, 2.24) is 15.1 Å². The van der Waals surface area contributed by atoms with Gasteiger partial charge in [0.1, 0.15) is 5.75 Å². The second-order valence-electron chi connectivity index (χ2n) is 7.79. The summed E-state index contributed by atoms with van der Waals surface area (Å²) in [5.41, 5.74) is 3.40. The standard InChI is InChI=1S/C26H23N3O3/c1-31-22-10-5-9-21(17-22)23-11-6-16-29(23)26(30)20-14-12-19(13-15-20)25-28-27-24(32-25)18-7-3-2-4-8-18/h2-5,7-10,12-15,17,23H,6,11,16H2,1H3. The summed E-state index contributed by atoms with van der Waals surface area (Å²) in [6.45, 7) is 0.743. The highest BCUT2D eigenvalue weighted by Gasteiger charge is 2.30. The van der Waals surface area contributed by atoms with Crippen molar-refractivity contribution in [3.8, 4) is 28.7 Å². The number of ether oxygens (including phenoxy) is 1. The van der Waals surface area contributed by atoms with Gasteiger partial charge in [0.2, 0.25) is 11.8 Å². The Morgan fingerprint density at radius 3 is 2.38 bits per heavy atom. The predicted molar refractivity (Wildman–Crippen MR) is 121 cm³/mol. The maximum atomic E-state index is 13.3. The van der Waals surface area contributed by atoms with E-state index in [-0.39, 0.29) is 11.9 Å². The number of hydrogen-bond acceptors (Lipinski definition) is 5. The van der Waals surface area contributed by atoms with Crippen molar-refractivity contribution in [2.45, 2.75) is 18.9 Å². The molecule has 1 amide bonds. The number of hydrogen-bond donors (Lipinski definition) is 0. The molecule has 1 saturated heterocycles. The molecule has 0 aliphatic carbocycles. The van der Waals surface area contributed by atoms with Gasteiger partial charge in [-0.15, -0.1) is 10.2 Å². The molecular formula is C26H23N3O3. The zero-order valence-corrected chi connectivity index (χ0v) is 17.8. The second-order valence-corrected chi connectivity index (χ2v) is 7.79. The summed E-state index contributed by atoms with van der Waals surface area (Å²) in [6, 6.07) is 25.0. The van der Waals surface area contributed by atoms with E-state index in [0.29, 0.717) is 17.3 Å². The second kappa shape index (κ2) is 8.67. The summed E-state index contributed by atoms with van der Waals surface area (Å²) in [5, 5.41) is 8.30. The van der Waals surface area contributed by atoms with E-state index in [2.05, 4.69) is 16.3 Å². The van der Waals surface area contributed by atoms with Crippen molar-refractivity contribution in [2.24, 2.45) is 0 Å². The van der Waals surface area contributed by atoms with Gasteiger partial charge in [0, 0.05) is 23.2 Å². The lowest BCUT2D eigenvalue weighted by Crippen LogP contribution is -2.30. The topological polar surface area (TPSA) is 68.5 Å². The van der Waals surface area contributed by atoms with Gasteiger partial charge < -0.3 is 14.1 Å². The van der Waals surface area contributed by atoms with Crippen LogP contribution in [0.3, 0.4) is 0 Å². The number of likely N-dealkylation sites (tertiary alicyclic amines) is 1. The first kappa shape index (κ1) is 20.0. The number of nitrogens with zero attached hydrogens (tertiary/aromatic N) is 3. The third-order valence-corrected chi connectivity index (χ3v) is 5.82. The molecule has 6 nitrogen and oxygen atoms in total. The van der Waals surface area contributed by atoms with E-state index in [1.807, 2.05) is 77.7 Å². The monoisotopic (exact) mass is 425 g/mol. The molecule has 1 fully saturated rings. The van der Waals surface area contributed by atoms with Crippen molar-refractivity contribution in [1.29, 1.82) is 0 Å². The molecule has 32 heavy (non-hydrogen) atoms. The lowest BCUT2D eigenvalue weighted by atomic mass is 10.0. The van der Waals surface area contributed by atoms with Crippen molar-refractivity contribution in [3.63, 3.8) is 0 Å². The fourth-order valence-corrected chi connectivity index (χ4v) is 4.16. The Labute approximate surface area is 186 Å². The molecule has 160 valence electrons. The summed E-state index contributed by atoms with van der Waals surface area (Å²) < 4.78 is 11.2. The zero-order chi connectivity index (χ0) is 21.9. The fourth-order valence-electron chi connectivity index (χ4n) is 4.16. The smallest absolute Gasteiger partial charge is 0.254 e. The normalized spacial score (nSPS) is 15.7. The first-order valence-corrected chi connectivity index (χ1v) is 10.7. The van der Waals surface area contributed by atoms with Gasteiger partial charge in [-0.2, -0.15) is 0 Å². The highest BCUT2D eigenvalue weighted by Crippen LogP contribution is 2.35. The third-order valence-electron chi connectivity index (χ3n) is 5.82. The molecule has 1 atom stereocenters. The Kier molecular flexibility index (Phi) is 5.42. The number of benzene rings is 3. The van der Waals surface area contributed by atoms with E-state index in [0.717, 1.165) is 41.8 Å². The zero-order valence-electron chi connectivity index (χ0n) is 17.8. The molecule has 0 radical (unpaired) electrons. The molecule has 1 unspecified atom stereocenters. The van der Waals surface area contributed by atoms with Crippen LogP contribution in [-0.4, -0.2) is 34.7 Å². The quantitative estimate of drug-likeness (QED) is 0.429. The van der Waals surface area contributed by atoms with Crippen molar-refractivity contribution in [3.05, 3.63) is 90.0 Å². The van der Waals surface area contributed by atoms with Crippen molar-refractivity contribution >= 4 is 5.91 Å². The van der Waals surface area contributed by atoms with Gasteiger partial charge in [-0.3, -0.25) is 4.79 Å². The van der Waals surface area contributed by atoms with Crippen LogP contribution in [0.1, 0.15) is 34.8 Å². The summed E-state index contributed by atoms with van der Waals surface area (Å²) in [7, 11) is 1.66. The van der Waals surface area contributed by atoms with Crippen LogP contribution in [0.5, 0.6) is 5.75 Å². The highest BCUT2D eigenvalue weighted by atomic mass is 16.5. The van der Waals surface area contributed by atoms with E-state index >= 15 is 0 Å². The third kappa shape index (κ3) is 3.87. The maximum Gasteiger partial charge on any atom is 0.254 e. The molecule has 6 heteroatoms. The molecule has 3 aromatic carbocycles. The van der Waals surface area contributed by atoms with Crippen LogP contribution in [0.25, 0.3) is 22.9 Å². The van der Waals surface area contributed by atoms with E-state index < -0.39 is 0 Å². The van der Waals surface area contributed by atoms with Crippen LogP contribution < -0.4 is 4.74 Å². The van der Waals surface area contributed by atoms with Crippen LogP contribution in [0.15, 0.2) is 83.3 Å². The number of carbonyl (C=O) groups is 1. The first-order valence-electron chi connectivity index (χ1n) is 10.7. The average molecular weight is 425 g/mol. The number of amides is 1. The highest BCUT2D eigenvalue weighted by molar-refractivity contribution is 5.95. The molecule has 4 aromatic rings. The minimum absolute atomic E-state index is 0.0253. The average Bonchev–Trinajstić information content (AvgIpc) is 3.55. The maximum absolute atomic E-state index is 13.3. The number of methoxy groups -OCH3 is 1. The van der Waals surface area contributed by atoms with Gasteiger partial charge in [-0.1, -0.05) is 30.3 Å². The Morgan fingerprint density at radius 2 is 1.66 bits per heavy atom. The summed E-state index contributed by atoms with van der Waals surface area (Å²) in [6.07, 6.45) is 1.93. The van der Waals surface area contributed by atoms with Crippen LogP contribution in [0, 0.1) is 0 Å². The van der Waals surface area contributed by atoms with Crippen molar-refractivity contribution in [2.75, 3.05) is 13.7 Å². The van der Waals surface area contributed by atoms with Gasteiger partial charge in [-0.05, 0) is 66.9 Å². The van der Waals surface area contributed by atoms with Crippen LogP contribution in [0.2, 0.25) is 0 Å². The van der Waals surface area contributed by atoms with Crippen molar-refractivity contribution < 1.29 is 13.9 Å². The Morgan fingerprint density at radius 1 is 0.938 bits per heavy atom. The molecule has 0 bridgehead atoms. The lowest BCUT2D eigenvalue weighted by Gasteiger charge is -2.25. The van der Waals surface area contributed by atoms with Crippen LogP contribution >= 0.6 is 0 Å². The van der Waals surface area contributed by atoms with Gasteiger partial charge >= 0.3 is 0 Å². The number of carbonyl (C=O) groups excluding carboxylic acids is 1. The fraction of sp³-hybridized carbons (Fsp3) is 0.192. The van der Waals surface area contributed by atoms with Gasteiger partial charge in [-0.25, -0.2) is 0 Å². The van der Waals surface area contributed by atoms with Gasteiger partial charge in [0.15, 0.2) is 0 Å².